The van der Waals surface area contributed by atoms with E-state index in [0.717, 1.165) is 5.56 Å². The lowest BCUT2D eigenvalue weighted by molar-refractivity contribution is -0.142. The predicted octanol–water partition coefficient (Wildman–Crippen LogP) is 3.06. The van der Waals surface area contributed by atoms with E-state index in [-0.39, 0.29) is 24.7 Å². The zero-order chi connectivity index (χ0) is 18.3. The van der Waals surface area contributed by atoms with Crippen molar-refractivity contribution in [2.24, 2.45) is 0 Å². The molecule has 0 spiro atoms. The summed E-state index contributed by atoms with van der Waals surface area (Å²) in [6, 6.07) is 7.20. The van der Waals surface area contributed by atoms with Gasteiger partial charge in [0.15, 0.2) is 0 Å². The van der Waals surface area contributed by atoms with Crippen LogP contribution in [0.2, 0.25) is 0 Å². The van der Waals surface area contributed by atoms with Crippen LogP contribution in [0.4, 0.5) is 0 Å². The summed E-state index contributed by atoms with van der Waals surface area (Å²) in [5.41, 5.74) is 2.26. The van der Waals surface area contributed by atoms with Gasteiger partial charge < -0.3 is 14.6 Å². The van der Waals surface area contributed by atoms with Crippen molar-refractivity contribution in [2.75, 3.05) is 13.2 Å². The second-order valence-corrected chi connectivity index (χ2v) is 5.84. The van der Waals surface area contributed by atoms with Crippen LogP contribution in [0.3, 0.4) is 0 Å². The van der Waals surface area contributed by atoms with Crippen LogP contribution in [-0.2, 0) is 19.1 Å². The number of hydrogen-bond donors (Lipinski definition) is 1. The molecule has 2 atom stereocenters. The summed E-state index contributed by atoms with van der Waals surface area (Å²) >= 11 is 0. The molecule has 24 heavy (non-hydrogen) atoms. The first-order chi connectivity index (χ1) is 11.2. The van der Waals surface area contributed by atoms with E-state index in [9.17, 15) is 14.7 Å². The molecule has 0 fully saturated rings. The lowest BCUT2D eigenvalue weighted by Crippen LogP contribution is -2.13. The van der Waals surface area contributed by atoms with E-state index in [2.05, 4.69) is 13.2 Å². The Morgan fingerprint density at radius 2 is 1.38 bits per heavy atom. The highest BCUT2D eigenvalue weighted by molar-refractivity contribution is 5.87. The minimum atomic E-state index is -0.904. The predicted molar refractivity (Wildman–Crippen MR) is 91.4 cm³/mol. The van der Waals surface area contributed by atoms with E-state index >= 15 is 0 Å². The second-order valence-electron chi connectivity index (χ2n) is 5.84. The minimum absolute atomic E-state index is 0.0146. The molecule has 1 aromatic carbocycles. The molecule has 0 aliphatic heterocycles. The molecule has 0 bridgehead atoms. The van der Waals surface area contributed by atoms with Crippen LogP contribution in [0.1, 0.15) is 43.9 Å². The lowest BCUT2D eigenvalue weighted by atomic mass is 9.99. The SMILES string of the molecule is C=C(C)C(=O)OCC(C)c1ccc(C(O)COC(=O)C(=C)C)cc1. The molecule has 0 aromatic heterocycles. The van der Waals surface area contributed by atoms with Crippen LogP contribution in [0.25, 0.3) is 0 Å². The van der Waals surface area contributed by atoms with Crippen molar-refractivity contribution >= 4 is 11.9 Å². The first-order valence-corrected chi connectivity index (χ1v) is 7.65. The Hall–Kier alpha value is -2.40. The highest BCUT2D eigenvalue weighted by Gasteiger charge is 2.14. The number of carbonyl (C=O) groups excluding carboxylic acids is 2. The second kappa shape index (κ2) is 9.03. The topological polar surface area (TPSA) is 72.8 Å². The largest absolute Gasteiger partial charge is 0.462 e. The summed E-state index contributed by atoms with van der Waals surface area (Å²) in [6.07, 6.45) is -0.904. The Morgan fingerprint density at radius 3 is 1.83 bits per heavy atom. The first kappa shape index (κ1) is 19.6. The summed E-state index contributed by atoms with van der Waals surface area (Å²) in [5, 5.41) is 10.0. The number of aliphatic hydroxyl groups excluding tert-OH is 1. The van der Waals surface area contributed by atoms with Gasteiger partial charge in [0.25, 0.3) is 0 Å². The van der Waals surface area contributed by atoms with E-state index in [0.29, 0.717) is 11.1 Å². The van der Waals surface area contributed by atoms with Gasteiger partial charge in [0.2, 0.25) is 0 Å². The van der Waals surface area contributed by atoms with E-state index in [4.69, 9.17) is 9.47 Å². The quantitative estimate of drug-likeness (QED) is 0.585. The number of benzene rings is 1. The zero-order valence-electron chi connectivity index (χ0n) is 14.4. The highest BCUT2D eigenvalue weighted by atomic mass is 16.5. The molecule has 130 valence electrons. The maximum atomic E-state index is 11.4. The van der Waals surface area contributed by atoms with Gasteiger partial charge in [-0.15, -0.1) is 0 Å². The van der Waals surface area contributed by atoms with Crippen molar-refractivity contribution < 1.29 is 24.2 Å². The fourth-order valence-corrected chi connectivity index (χ4v) is 1.84. The van der Waals surface area contributed by atoms with Gasteiger partial charge in [-0.25, -0.2) is 9.59 Å². The molecule has 2 unspecified atom stereocenters. The number of aliphatic hydroxyl groups is 1. The van der Waals surface area contributed by atoms with Gasteiger partial charge in [0.1, 0.15) is 12.7 Å². The minimum Gasteiger partial charge on any atom is -0.462 e. The summed E-state index contributed by atoms with van der Waals surface area (Å²) < 4.78 is 10.1. The molecule has 0 saturated carbocycles. The van der Waals surface area contributed by atoms with Crippen molar-refractivity contribution in [3.63, 3.8) is 0 Å². The molecule has 0 radical (unpaired) electrons. The normalized spacial score (nSPS) is 12.8. The van der Waals surface area contributed by atoms with Crippen molar-refractivity contribution in [2.45, 2.75) is 32.8 Å². The third-order valence-electron chi connectivity index (χ3n) is 3.42. The Morgan fingerprint density at radius 1 is 0.958 bits per heavy atom. The molecule has 0 saturated heterocycles. The Bertz CT molecular complexity index is 560. The maximum absolute atomic E-state index is 11.4. The van der Waals surface area contributed by atoms with Gasteiger partial charge in [-0.1, -0.05) is 44.3 Å². The standard InChI is InChI=1S/C19H24O5/c1-12(2)18(21)23-10-14(5)15-6-8-16(9-7-15)17(20)11-24-19(22)13(3)4/h6-9,14,17,20H,1,3,10-11H2,2,4-5H3. The number of esters is 2. The molecular formula is C19H24O5. The zero-order valence-corrected chi connectivity index (χ0v) is 14.4. The van der Waals surface area contributed by atoms with Crippen LogP contribution < -0.4 is 0 Å². The van der Waals surface area contributed by atoms with Gasteiger partial charge in [-0.05, 0) is 25.0 Å². The Balaban J connectivity index is 2.58. The van der Waals surface area contributed by atoms with E-state index in [1.165, 1.54) is 0 Å². The number of carbonyl (C=O) groups is 2. The molecule has 5 heteroatoms. The van der Waals surface area contributed by atoms with Crippen LogP contribution in [0, 0.1) is 0 Å². The van der Waals surface area contributed by atoms with Crippen molar-refractivity contribution in [3.8, 4) is 0 Å². The number of rotatable bonds is 8. The molecule has 1 N–H and O–H groups in total. The third-order valence-corrected chi connectivity index (χ3v) is 3.42. The van der Waals surface area contributed by atoms with Gasteiger partial charge in [0, 0.05) is 17.1 Å². The van der Waals surface area contributed by atoms with E-state index in [1.807, 2.05) is 19.1 Å². The lowest BCUT2D eigenvalue weighted by Gasteiger charge is -2.15. The van der Waals surface area contributed by atoms with Crippen molar-refractivity contribution in [1.29, 1.82) is 0 Å². The highest BCUT2D eigenvalue weighted by Crippen LogP contribution is 2.20. The van der Waals surface area contributed by atoms with Gasteiger partial charge in [-0.2, -0.15) is 0 Å². The molecule has 1 aromatic rings. The van der Waals surface area contributed by atoms with Crippen LogP contribution in [0.5, 0.6) is 0 Å². The fourth-order valence-electron chi connectivity index (χ4n) is 1.84. The average Bonchev–Trinajstić information content (AvgIpc) is 2.56. The number of ether oxygens (including phenoxy) is 2. The summed E-state index contributed by atoms with van der Waals surface area (Å²) in [7, 11) is 0. The van der Waals surface area contributed by atoms with Crippen molar-refractivity contribution in [1.82, 2.24) is 0 Å². The Labute approximate surface area is 142 Å². The summed E-state index contributed by atoms with van der Waals surface area (Å²) in [4.78, 5) is 22.7. The van der Waals surface area contributed by atoms with Gasteiger partial charge >= 0.3 is 11.9 Å². The summed E-state index contributed by atoms with van der Waals surface area (Å²) in [6.45, 7) is 12.2. The molecule has 0 aliphatic rings. The molecule has 0 aliphatic carbocycles. The molecule has 0 heterocycles. The summed E-state index contributed by atoms with van der Waals surface area (Å²) in [5.74, 6) is -0.924. The molecule has 5 nitrogen and oxygen atoms in total. The van der Waals surface area contributed by atoms with Crippen molar-refractivity contribution in [3.05, 3.63) is 59.7 Å². The van der Waals surface area contributed by atoms with E-state index < -0.39 is 18.0 Å². The molecule has 0 amide bonds. The first-order valence-electron chi connectivity index (χ1n) is 7.65. The third kappa shape index (κ3) is 6.01. The van der Waals surface area contributed by atoms with Crippen LogP contribution in [-0.4, -0.2) is 30.3 Å². The van der Waals surface area contributed by atoms with Crippen LogP contribution in [0.15, 0.2) is 48.6 Å². The van der Waals surface area contributed by atoms with E-state index in [1.54, 1.807) is 26.0 Å². The molecule has 1 rings (SSSR count). The number of hydrogen-bond acceptors (Lipinski definition) is 5. The molecular weight excluding hydrogens is 308 g/mol. The van der Waals surface area contributed by atoms with Gasteiger partial charge in [-0.3, -0.25) is 0 Å². The van der Waals surface area contributed by atoms with Crippen LogP contribution >= 0.6 is 0 Å². The Kier molecular flexibility index (Phi) is 7.39. The van der Waals surface area contributed by atoms with Gasteiger partial charge in [0.05, 0.1) is 6.61 Å². The monoisotopic (exact) mass is 332 g/mol. The maximum Gasteiger partial charge on any atom is 0.333 e. The average molecular weight is 332 g/mol. The smallest absolute Gasteiger partial charge is 0.333 e. The fraction of sp³-hybridized carbons (Fsp3) is 0.368.